The van der Waals surface area contributed by atoms with E-state index in [9.17, 15) is 0 Å². The minimum atomic E-state index is 0.333. The van der Waals surface area contributed by atoms with Crippen LogP contribution in [-0.2, 0) is 0 Å². The van der Waals surface area contributed by atoms with E-state index in [0.29, 0.717) is 11.7 Å². The van der Waals surface area contributed by atoms with Crippen LogP contribution in [0.5, 0.6) is 0 Å². The summed E-state index contributed by atoms with van der Waals surface area (Å²) >= 11 is 0. The molecule has 1 saturated heterocycles. The SMILES string of the molecule is Cc1nc(C2CCCN(c3c(C)c(C)nc4ncnn34)C2)n[nH]1. The van der Waals surface area contributed by atoms with Crippen LogP contribution in [0.3, 0.4) is 0 Å². The van der Waals surface area contributed by atoms with Gasteiger partial charge in [-0.25, -0.2) is 9.97 Å². The molecule has 1 aliphatic heterocycles. The quantitative estimate of drug-likeness (QED) is 0.772. The number of nitrogens with one attached hydrogen (secondary N) is 1. The molecule has 3 aromatic heterocycles. The Morgan fingerprint density at radius 2 is 2.09 bits per heavy atom. The van der Waals surface area contributed by atoms with Gasteiger partial charge in [0.05, 0.1) is 0 Å². The molecule has 1 unspecified atom stereocenters. The largest absolute Gasteiger partial charge is 0.355 e. The van der Waals surface area contributed by atoms with Crippen molar-refractivity contribution in [2.75, 3.05) is 18.0 Å². The zero-order valence-corrected chi connectivity index (χ0v) is 13.6. The van der Waals surface area contributed by atoms with Crippen molar-refractivity contribution < 1.29 is 0 Å². The number of aromatic amines is 1. The average molecular weight is 312 g/mol. The van der Waals surface area contributed by atoms with Gasteiger partial charge >= 0.3 is 0 Å². The molecular weight excluding hydrogens is 292 g/mol. The Bertz CT molecular complexity index is 848. The second kappa shape index (κ2) is 5.29. The monoisotopic (exact) mass is 312 g/mol. The number of aryl methyl sites for hydroxylation is 2. The van der Waals surface area contributed by atoms with Gasteiger partial charge < -0.3 is 4.90 Å². The molecule has 8 nitrogen and oxygen atoms in total. The molecule has 0 radical (unpaired) electrons. The van der Waals surface area contributed by atoms with E-state index in [4.69, 9.17) is 0 Å². The van der Waals surface area contributed by atoms with E-state index in [-0.39, 0.29) is 0 Å². The lowest BCUT2D eigenvalue weighted by atomic mass is 9.97. The number of fused-ring (bicyclic) bond motifs is 1. The van der Waals surface area contributed by atoms with E-state index in [1.54, 1.807) is 6.33 Å². The average Bonchev–Trinajstić information content (AvgIpc) is 3.17. The minimum Gasteiger partial charge on any atom is -0.355 e. The van der Waals surface area contributed by atoms with Crippen LogP contribution in [0.1, 0.15) is 41.7 Å². The van der Waals surface area contributed by atoms with Gasteiger partial charge in [-0.15, -0.1) is 0 Å². The van der Waals surface area contributed by atoms with Crippen LogP contribution < -0.4 is 4.90 Å². The summed E-state index contributed by atoms with van der Waals surface area (Å²) in [6, 6.07) is 0. The van der Waals surface area contributed by atoms with Crippen LogP contribution in [0.4, 0.5) is 5.82 Å². The number of hydrogen-bond acceptors (Lipinski definition) is 6. The van der Waals surface area contributed by atoms with Crippen LogP contribution in [0.25, 0.3) is 5.78 Å². The highest BCUT2D eigenvalue weighted by Crippen LogP contribution is 2.30. The first kappa shape index (κ1) is 14.1. The molecule has 0 aromatic carbocycles. The van der Waals surface area contributed by atoms with Crippen molar-refractivity contribution in [2.45, 2.75) is 39.5 Å². The van der Waals surface area contributed by atoms with Gasteiger partial charge in [-0.2, -0.15) is 19.7 Å². The fourth-order valence-corrected chi connectivity index (χ4v) is 3.31. The molecule has 1 N–H and O–H groups in total. The Labute approximate surface area is 134 Å². The molecule has 1 atom stereocenters. The van der Waals surface area contributed by atoms with E-state index in [1.807, 2.05) is 18.4 Å². The number of anilines is 1. The Kier molecular flexibility index (Phi) is 3.24. The Hall–Kier alpha value is -2.51. The van der Waals surface area contributed by atoms with Crippen molar-refractivity contribution in [1.29, 1.82) is 0 Å². The van der Waals surface area contributed by atoms with Gasteiger partial charge in [0.2, 0.25) is 0 Å². The number of rotatable bonds is 2. The van der Waals surface area contributed by atoms with Crippen LogP contribution in [0.15, 0.2) is 6.33 Å². The van der Waals surface area contributed by atoms with E-state index in [2.05, 4.69) is 42.1 Å². The predicted octanol–water partition coefficient (Wildman–Crippen LogP) is 1.55. The smallest absolute Gasteiger partial charge is 0.254 e. The normalized spacial score (nSPS) is 18.7. The molecule has 0 amide bonds. The highest BCUT2D eigenvalue weighted by molar-refractivity contribution is 5.54. The standard InChI is InChI=1S/C15H20N8/c1-9-10(2)18-15-16-8-17-23(15)14(9)22-6-4-5-12(7-22)13-19-11(3)20-21-13/h8,12H,4-7H2,1-3H3,(H,19,20,21). The molecule has 4 heterocycles. The van der Waals surface area contributed by atoms with E-state index in [0.717, 1.165) is 54.7 Å². The van der Waals surface area contributed by atoms with Crippen molar-refractivity contribution in [3.8, 4) is 0 Å². The first-order valence-electron chi connectivity index (χ1n) is 7.94. The summed E-state index contributed by atoms with van der Waals surface area (Å²) < 4.78 is 1.84. The number of piperidine rings is 1. The highest BCUT2D eigenvalue weighted by Gasteiger charge is 2.27. The summed E-state index contributed by atoms with van der Waals surface area (Å²) in [7, 11) is 0. The van der Waals surface area contributed by atoms with Crippen molar-refractivity contribution in [1.82, 2.24) is 34.8 Å². The first-order chi connectivity index (χ1) is 11.1. The lowest BCUT2D eigenvalue weighted by molar-refractivity contribution is 0.486. The number of nitrogens with zero attached hydrogens (tertiary/aromatic N) is 7. The van der Waals surface area contributed by atoms with Gasteiger partial charge in [0.15, 0.2) is 5.82 Å². The second-order valence-corrected chi connectivity index (χ2v) is 6.18. The minimum absolute atomic E-state index is 0.333. The molecule has 3 aromatic rings. The fraction of sp³-hybridized carbons (Fsp3) is 0.533. The summed E-state index contributed by atoms with van der Waals surface area (Å²) in [6.45, 7) is 7.94. The zero-order valence-electron chi connectivity index (χ0n) is 13.6. The Morgan fingerprint density at radius 1 is 1.22 bits per heavy atom. The van der Waals surface area contributed by atoms with Crippen LogP contribution in [0.2, 0.25) is 0 Å². The van der Waals surface area contributed by atoms with Crippen LogP contribution in [-0.4, -0.2) is 47.9 Å². The maximum atomic E-state index is 4.51. The van der Waals surface area contributed by atoms with Gasteiger partial charge in [0.25, 0.3) is 5.78 Å². The molecule has 1 aliphatic rings. The van der Waals surface area contributed by atoms with Crippen molar-refractivity contribution in [3.05, 3.63) is 29.2 Å². The fourth-order valence-electron chi connectivity index (χ4n) is 3.31. The molecule has 0 saturated carbocycles. The van der Waals surface area contributed by atoms with Crippen LogP contribution >= 0.6 is 0 Å². The topological polar surface area (TPSA) is 87.9 Å². The summed E-state index contributed by atoms with van der Waals surface area (Å²) in [5.74, 6) is 3.85. The molecular formula is C15H20N8. The number of H-pyrrole nitrogens is 1. The summed E-state index contributed by atoms with van der Waals surface area (Å²) in [6.07, 6.45) is 3.78. The highest BCUT2D eigenvalue weighted by atomic mass is 15.4. The van der Waals surface area contributed by atoms with Crippen molar-refractivity contribution >= 4 is 11.6 Å². The van der Waals surface area contributed by atoms with Crippen molar-refractivity contribution in [2.24, 2.45) is 0 Å². The summed E-state index contributed by atoms with van der Waals surface area (Å²) in [5.41, 5.74) is 2.14. The summed E-state index contributed by atoms with van der Waals surface area (Å²) in [4.78, 5) is 15.6. The molecule has 4 rings (SSSR count). The molecule has 8 heteroatoms. The third-order valence-corrected chi connectivity index (χ3v) is 4.58. The maximum absolute atomic E-state index is 4.51. The van der Waals surface area contributed by atoms with Gasteiger partial charge in [-0.1, -0.05) is 0 Å². The van der Waals surface area contributed by atoms with E-state index < -0.39 is 0 Å². The Morgan fingerprint density at radius 3 is 2.87 bits per heavy atom. The van der Waals surface area contributed by atoms with Crippen LogP contribution in [0, 0.1) is 20.8 Å². The van der Waals surface area contributed by atoms with Gasteiger partial charge in [0, 0.05) is 30.3 Å². The summed E-state index contributed by atoms with van der Waals surface area (Å²) in [5, 5.41) is 11.7. The van der Waals surface area contributed by atoms with Gasteiger partial charge in [-0.05, 0) is 33.6 Å². The molecule has 1 fully saturated rings. The third kappa shape index (κ3) is 2.34. The molecule has 0 spiro atoms. The van der Waals surface area contributed by atoms with Crippen molar-refractivity contribution in [3.63, 3.8) is 0 Å². The second-order valence-electron chi connectivity index (χ2n) is 6.18. The lowest BCUT2D eigenvalue weighted by Crippen LogP contribution is -2.37. The predicted molar refractivity (Wildman–Crippen MR) is 85.6 cm³/mol. The molecule has 0 aliphatic carbocycles. The Balaban J connectivity index is 1.73. The lowest BCUT2D eigenvalue weighted by Gasteiger charge is -2.34. The van der Waals surface area contributed by atoms with Gasteiger partial charge in [-0.3, -0.25) is 5.10 Å². The third-order valence-electron chi connectivity index (χ3n) is 4.58. The first-order valence-corrected chi connectivity index (χ1v) is 7.94. The number of aromatic nitrogens is 7. The zero-order chi connectivity index (χ0) is 16.0. The molecule has 120 valence electrons. The maximum Gasteiger partial charge on any atom is 0.254 e. The molecule has 0 bridgehead atoms. The van der Waals surface area contributed by atoms with E-state index in [1.165, 1.54) is 0 Å². The number of hydrogen-bond donors (Lipinski definition) is 1. The van der Waals surface area contributed by atoms with E-state index >= 15 is 0 Å². The van der Waals surface area contributed by atoms with Gasteiger partial charge in [0.1, 0.15) is 18.0 Å². The molecule has 23 heavy (non-hydrogen) atoms.